The second-order valence-electron chi connectivity index (χ2n) is 5.52. The van der Waals surface area contributed by atoms with Gasteiger partial charge in [-0.15, -0.1) is 0 Å². The van der Waals surface area contributed by atoms with Gasteiger partial charge in [-0.1, -0.05) is 0 Å². The third kappa shape index (κ3) is 2.08. The summed E-state index contributed by atoms with van der Waals surface area (Å²) in [5.74, 6) is 1.67. The van der Waals surface area contributed by atoms with Gasteiger partial charge in [-0.2, -0.15) is 0 Å². The summed E-state index contributed by atoms with van der Waals surface area (Å²) in [7, 11) is 0. The van der Waals surface area contributed by atoms with E-state index in [1.165, 1.54) is 25.9 Å². The molecule has 0 unspecified atom stereocenters. The molecule has 3 aliphatic heterocycles. The highest BCUT2D eigenvalue weighted by molar-refractivity contribution is 5.55. The minimum absolute atomic E-state index is 0.600. The molecule has 2 aromatic heterocycles. The number of aromatic nitrogens is 2. The van der Waals surface area contributed by atoms with Crippen LogP contribution in [0.4, 0.5) is 5.95 Å². The van der Waals surface area contributed by atoms with E-state index in [9.17, 15) is 0 Å². The molecule has 2 bridgehead atoms. The van der Waals surface area contributed by atoms with Gasteiger partial charge in [-0.3, -0.25) is 0 Å². The van der Waals surface area contributed by atoms with Crippen LogP contribution in [0.15, 0.2) is 35.2 Å². The van der Waals surface area contributed by atoms with Gasteiger partial charge < -0.3 is 14.2 Å². The summed E-state index contributed by atoms with van der Waals surface area (Å²) in [6.45, 7) is 4.59. The monoisotopic (exact) mass is 270 g/mol. The highest BCUT2D eigenvalue weighted by atomic mass is 16.3. The standard InChI is InChI=1S/C15H18N4O/c1-2-14(20-9-1)12-10-16-15(17-11-12)19-8-7-18-5-3-13(19)4-6-18/h1-2,9-11,13H,3-8H2. The Labute approximate surface area is 118 Å². The van der Waals surface area contributed by atoms with Crippen LogP contribution in [-0.2, 0) is 0 Å². The fraction of sp³-hybridized carbons (Fsp3) is 0.467. The summed E-state index contributed by atoms with van der Waals surface area (Å²) in [5.41, 5.74) is 0.932. The zero-order valence-electron chi connectivity index (χ0n) is 11.4. The Morgan fingerprint density at radius 2 is 1.85 bits per heavy atom. The van der Waals surface area contributed by atoms with Crippen molar-refractivity contribution in [2.75, 3.05) is 31.1 Å². The van der Waals surface area contributed by atoms with Crippen molar-refractivity contribution in [3.63, 3.8) is 0 Å². The summed E-state index contributed by atoms with van der Waals surface area (Å²) in [6.07, 6.45) is 7.84. The summed E-state index contributed by atoms with van der Waals surface area (Å²) in [6, 6.07) is 4.41. The van der Waals surface area contributed by atoms with Crippen LogP contribution in [-0.4, -0.2) is 47.1 Å². The van der Waals surface area contributed by atoms with Crippen LogP contribution in [0.5, 0.6) is 0 Å². The van der Waals surface area contributed by atoms with Crippen LogP contribution >= 0.6 is 0 Å². The first-order valence-electron chi connectivity index (χ1n) is 7.25. The van der Waals surface area contributed by atoms with Gasteiger partial charge in [0.2, 0.25) is 5.95 Å². The maximum Gasteiger partial charge on any atom is 0.225 e. The molecule has 0 spiro atoms. The van der Waals surface area contributed by atoms with E-state index in [-0.39, 0.29) is 0 Å². The van der Waals surface area contributed by atoms with Gasteiger partial charge in [0.25, 0.3) is 0 Å². The minimum Gasteiger partial charge on any atom is -0.464 e. The van der Waals surface area contributed by atoms with Gasteiger partial charge >= 0.3 is 0 Å². The summed E-state index contributed by atoms with van der Waals surface area (Å²) >= 11 is 0. The first-order chi connectivity index (χ1) is 9.90. The van der Waals surface area contributed by atoms with Gasteiger partial charge in [-0.25, -0.2) is 9.97 Å². The van der Waals surface area contributed by atoms with E-state index in [2.05, 4.69) is 19.8 Å². The maximum atomic E-state index is 5.37. The lowest BCUT2D eigenvalue weighted by atomic mass is 10.1. The predicted octanol–water partition coefficient (Wildman–Crippen LogP) is 2.02. The van der Waals surface area contributed by atoms with Crippen molar-refractivity contribution in [3.05, 3.63) is 30.8 Å². The van der Waals surface area contributed by atoms with Crippen molar-refractivity contribution in [2.45, 2.75) is 18.9 Å². The van der Waals surface area contributed by atoms with Crippen LogP contribution in [0.2, 0.25) is 0 Å². The molecule has 0 aliphatic carbocycles. The molecule has 20 heavy (non-hydrogen) atoms. The average molecular weight is 270 g/mol. The third-order valence-corrected chi connectivity index (χ3v) is 4.36. The normalized spacial score (nSPS) is 25.7. The molecule has 5 heteroatoms. The molecular formula is C15H18N4O. The second kappa shape index (κ2) is 4.90. The van der Waals surface area contributed by atoms with Gasteiger partial charge in [0.05, 0.1) is 11.8 Å². The lowest BCUT2D eigenvalue weighted by Crippen LogP contribution is -2.38. The van der Waals surface area contributed by atoms with Crippen molar-refractivity contribution in [2.24, 2.45) is 0 Å². The molecule has 0 N–H and O–H groups in total. The Morgan fingerprint density at radius 1 is 1.05 bits per heavy atom. The predicted molar refractivity (Wildman–Crippen MR) is 76.5 cm³/mol. The molecule has 104 valence electrons. The van der Waals surface area contributed by atoms with Crippen LogP contribution in [0.3, 0.4) is 0 Å². The highest BCUT2D eigenvalue weighted by Gasteiger charge is 2.30. The Hall–Kier alpha value is -1.88. The molecule has 0 atom stereocenters. The van der Waals surface area contributed by atoms with E-state index in [0.717, 1.165) is 30.4 Å². The van der Waals surface area contributed by atoms with Gasteiger partial charge in [0.15, 0.2) is 0 Å². The largest absolute Gasteiger partial charge is 0.464 e. The number of rotatable bonds is 2. The van der Waals surface area contributed by atoms with Crippen LogP contribution in [0, 0.1) is 0 Å². The summed E-state index contributed by atoms with van der Waals surface area (Å²) < 4.78 is 5.37. The molecule has 0 radical (unpaired) electrons. The second-order valence-corrected chi connectivity index (χ2v) is 5.52. The molecule has 3 fully saturated rings. The number of hydrogen-bond acceptors (Lipinski definition) is 5. The van der Waals surface area contributed by atoms with Gasteiger partial charge in [0.1, 0.15) is 5.76 Å². The lowest BCUT2D eigenvalue weighted by molar-refractivity contribution is 0.250. The SMILES string of the molecule is c1coc(-c2cnc(N3CCN4CCC3CC4)nc2)c1. The highest BCUT2D eigenvalue weighted by Crippen LogP contribution is 2.25. The fourth-order valence-electron chi connectivity index (χ4n) is 3.19. The molecule has 5 rings (SSSR count). The summed E-state index contributed by atoms with van der Waals surface area (Å²) in [5, 5.41) is 0. The van der Waals surface area contributed by atoms with Crippen molar-refractivity contribution < 1.29 is 4.42 Å². The topological polar surface area (TPSA) is 45.4 Å². The first-order valence-corrected chi connectivity index (χ1v) is 7.25. The van der Waals surface area contributed by atoms with Crippen molar-refractivity contribution in [1.29, 1.82) is 0 Å². The Morgan fingerprint density at radius 3 is 2.55 bits per heavy atom. The lowest BCUT2D eigenvalue weighted by Gasteiger charge is -2.31. The van der Waals surface area contributed by atoms with Crippen LogP contribution in [0.25, 0.3) is 11.3 Å². The molecule has 3 aliphatic rings. The smallest absolute Gasteiger partial charge is 0.225 e. The number of hydrogen-bond donors (Lipinski definition) is 0. The molecule has 2 aromatic rings. The zero-order chi connectivity index (χ0) is 13.4. The average Bonchev–Trinajstić information content (AvgIpc) is 2.88. The number of nitrogens with zero attached hydrogens (tertiary/aromatic N) is 4. The van der Waals surface area contributed by atoms with E-state index in [1.807, 2.05) is 24.5 Å². The fourth-order valence-corrected chi connectivity index (χ4v) is 3.19. The van der Waals surface area contributed by atoms with E-state index in [0.29, 0.717) is 6.04 Å². The van der Waals surface area contributed by atoms with Crippen molar-refractivity contribution in [1.82, 2.24) is 14.9 Å². The summed E-state index contributed by atoms with van der Waals surface area (Å²) in [4.78, 5) is 14.0. The molecule has 5 heterocycles. The first kappa shape index (κ1) is 11.9. The van der Waals surface area contributed by atoms with Crippen molar-refractivity contribution in [3.8, 4) is 11.3 Å². The molecular weight excluding hydrogens is 252 g/mol. The Balaban J connectivity index is 1.59. The van der Waals surface area contributed by atoms with Crippen LogP contribution < -0.4 is 4.90 Å². The molecule has 0 aromatic carbocycles. The van der Waals surface area contributed by atoms with Gasteiger partial charge in [-0.05, 0) is 25.0 Å². The van der Waals surface area contributed by atoms with Gasteiger partial charge in [0, 0.05) is 44.6 Å². The Bertz CT molecular complexity index is 558. The Kier molecular flexibility index (Phi) is 2.92. The van der Waals surface area contributed by atoms with Crippen LogP contribution in [0.1, 0.15) is 12.8 Å². The molecule has 0 amide bonds. The molecule has 0 saturated carbocycles. The minimum atomic E-state index is 0.600. The van der Waals surface area contributed by atoms with E-state index in [1.54, 1.807) is 6.26 Å². The number of fused-ring (bicyclic) bond motifs is 4. The molecule has 5 nitrogen and oxygen atoms in total. The molecule has 3 saturated heterocycles. The quantitative estimate of drug-likeness (QED) is 0.835. The third-order valence-electron chi connectivity index (χ3n) is 4.36. The zero-order valence-corrected chi connectivity index (χ0v) is 11.4. The maximum absolute atomic E-state index is 5.37. The van der Waals surface area contributed by atoms with Crippen molar-refractivity contribution >= 4 is 5.95 Å². The number of piperidine rings is 1. The van der Waals surface area contributed by atoms with E-state index < -0.39 is 0 Å². The van der Waals surface area contributed by atoms with E-state index in [4.69, 9.17) is 4.42 Å². The van der Waals surface area contributed by atoms with E-state index >= 15 is 0 Å². The number of furan rings is 1. The number of anilines is 1.